The van der Waals surface area contributed by atoms with Crippen LogP contribution >= 0.6 is 23.1 Å². The van der Waals surface area contributed by atoms with Gasteiger partial charge in [0.15, 0.2) is 16.8 Å². The highest BCUT2D eigenvalue weighted by Crippen LogP contribution is 2.42. The van der Waals surface area contributed by atoms with Gasteiger partial charge in [-0.05, 0) is 30.7 Å². The van der Waals surface area contributed by atoms with Crippen LogP contribution in [0, 0.1) is 0 Å². The Balaban J connectivity index is 1.52. The van der Waals surface area contributed by atoms with Crippen LogP contribution in [0.5, 0.6) is 0 Å². The minimum absolute atomic E-state index is 0.530. The number of thioether (sulfide) groups is 1. The number of hydrogen-bond donors (Lipinski definition) is 0. The molecule has 1 saturated carbocycles. The van der Waals surface area contributed by atoms with Crippen molar-refractivity contribution in [2.75, 3.05) is 0 Å². The third-order valence-electron chi connectivity index (χ3n) is 3.63. The first-order chi connectivity index (χ1) is 11.3. The van der Waals surface area contributed by atoms with E-state index in [-0.39, 0.29) is 0 Å². The Hall–Kier alpha value is -1.67. The number of rotatable bonds is 7. The van der Waals surface area contributed by atoms with Crippen molar-refractivity contribution < 1.29 is 4.52 Å². The minimum atomic E-state index is 0.530. The molecule has 0 atom stereocenters. The van der Waals surface area contributed by atoms with E-state index < -0.39 is 0 Å². The summed E-state index contributed by atoms with van der Waals surface area (Å²) >= 11 is 3.31. The third kappa shape index (κ3) is 3.18. The fourth-order valence-electron chi connectivity index (χ4n) is 2.41. The average Bonchev–Trinajstić information content (AvgIpc) is 2.97. The lowest BCUT2D eigenvalue weighted by Crippen LogP contribution is -1.99. The van der Waals surface area contributed by atoms with Crippen LogP contribution in [-0.4, -0.2) is 24.9 Å². The molecule has 1 aliphatic carbocycles. The number of hydrogen-bond acceptors (Lipinski definition) is 7. The van der Waals surface area contributed by atoms with E-state index in [0.717, 1.165) is 29.6 Å². The van der Waals surface area contributed by atoms with Crippen LogP contribution in [0.15, 0.2) is 27.2 Å². The van der Waals surface area contributed by atoms with Crippen LogP contribution in [0.1, 0.15) is 43.9 Å². The van der Waals surface area contributed by atoms with Gasteiger partial charge in [-0.25, -0.2) is 0 Å². The lowest BCUT2D eigenvalue weighted by atomic mass is 10.3. The smallest absolute Gasteiger partial charge is 0.237 e. The van der Waals surface area contributed by atoms with Gasteiger partial charge in [-0.15, -0.1) is 21.5 Å². The molecule has 0 N–H and O–H groups in total. The van der Waals surface area contributed by atoms with Gasteiger partial charge in [0.05, 0.1) is 10.6 Å². The molecular weight excluding hydrogens is 330 g/mol. The lowest BCUT2D eigenvalue weighted by molar-refractivity contribution is 0.384. The topological polar surface area (TPSA) is 69.6 Å². The standard InChI is InChI=1S/C15H17N5OS2/c1-2-4-12-16-13(21-19-12)9-23-15-18-17-14(11-5-3-8-22-11)20(15)10-6-7-10/h3,5,8,10H,2,4,6-7,9H2,1H3. The molecule has 0 radical (unpaired) electrons. The van der Waals surface area contributed by atoms with Gasteiger partial charge in [-0.1, -0.05) is 29.9 Å². The zero-order valence-electron chi connectivity index (χ0n) is 12.8. The quantitative estimate of drug-likeness (QED) is 0.602. The number of aryl methyl sites for hydroxylation is 1. The molecule has 8 heteroatoms. The second-order valence-electron chi connectivity index (χ2n) is 5.53. The molecule has 23 heavy (non-hydrogen) atoms. The summed E-state index contributed by atoms with van der Waals surface area (Å²) in [6.07, 6.45) is 4.28. The maximum absolute atomic E-state index is 5.30. The molecule has 0 spiro atoms. The van der Waals surface area contributed by atoms with Crippen LogP contribution < -0.4 is 0 Å². The summed E-state index contributed by atoms with van der Waals surface area (Å²) in [5.41, 5.74) is 0. The van der Waals surface area contributed by atoms with Crippen LogP contribution in [0.25, 0.3) is 10.7 Å². The summed E-state index contributed by atoms with van der Waals surface area (Å²) in [4.78, 5) is 5.57. The fourth-order valence-corrected chi connectivity index (χ4v) is 3.96. The Morgan fingerprint density at radius 3 is 3.04 bits per heavy atom. The Morgan fingerprint density at radius 2 is 2.30 bits per heavy atom. The Morgan fingerprint density at radius 1 is 1.39 bits per heavy atom. The van der Waals surface area contributed by atoms with Crippen molar-refractivity contribution >= 4 is 23.1 Å². The van der Waals surface area contributed by atoms with E-state index in [1.807, 2.05) is 6.07 Å². The summed E-state index contributed by atoms with van der Waals surface area (Å²) in [6.45, 7) is 2.11. The molecule has 4 rings (SSSR count). The van der Waals surface area contributed by atoms with Crippen LogP contribution in [0.4, 0.5) is 0 Å². The zero-order chi connectivity index (χ0) is 15.6. The van der Waals surface area contributed by atoms with Crippen molar-refractivity contribution in [1.29, 1.82) is 0 Å². The second kappa shape index (κ2) is 6.45. The monoisotopic (exact) mass is 347 g/mol. The van der Waals surface area contributed by atoms with Crippen LogP contribution in [0.3, 0.4) is 0 Å². The molecule has 3 heterocycles. The minimum Gasteiger partial charge on any atom is -0.338 e. The van der Waals surface area contributed by atoms with Crippen molar-refractivity contribution in [3.63, 3.8) is 0 Å². The maximum Gasteiger partial charge on any atom is 0.237 e. The first-order valence-corrected chi connectivity index (χ1v) is 9.64. The molecule has 0 aromatic carbocycles. The van der Waals surface area contributed by atoms with Gasteiger partial charge in [-0.3, -0.25) is 4.57 Å². The molecule has 0 bridgehead atoms. The summed E-state index contributed by atoms with van der Waals surface area (Å²) in [7, 11) is 0. The van der Waals surface area contributed by atoms with Crippen molar-refractivity contribution in [3.05, 3.63) is 29.2 Å². The molecule has 120 valence electrons. The first kappa shape index (κ1) is 14.9. The van der Waals surface area contributed by atoms with Crippen molar-refractivity contribution in [1.82, 2.24) is 24.9 Å². The molecule has 3 aromatic rings. The molecule has 3 aromatic heterocycles. The first-order valence-electron chi connectivity index (χ1n) is 7.78. The van der Waals surface area contributed by atoms with E-state index in [4.69, 9.17) is 4.52 Å². The Labute approximate surface area is 142 Å². The Bertz CT molecular complexity index is 776. The molecule has 0 saturated heterocycles. The summed E-state index contributed by atoms with van der Waals surface area (Å²) in [5, 5.41) is 15.8. The second-order valence-corrected chi connectivity index (χ2v) is 7.42. The Kier molecular flexibility index (Phi) is 4.17. The van der Waals surface area contributed by atoms with Crippen molar-refractivity contribution in [2.24, 2.45) is 0 Å². The predicted octanol–water partition coefficient (Wildman–Crippen LogP) is 3.97. The predicted molar refractivity (Wildman–Crippen MR) is 89.5 cm³/mol. The van der Waals surface area contributed by atoms with Gasteiger partial charge in [0, 0.05) is 12.5 Å². The molecule has 6 nitrogen and oxygen atoms in total. The van der Waals surface area contributed by atoms with E-state index >= 15 is 0 Å². The molecule has 0 unspecified atom stereocenters. The van der Waals surface area contributed by atoms with E-state index in [0.29, 0.717) is 17.7 Å². The number of thiophene rings is 1. The molecule has 1 aliphatic rings. The largest absolute Gasteiger partial charge is 0.338 e. The highest BCUT2D eigenvalue weighted by atomic mass is 32.2. The summed E-state index contributed by atoms with van der Waals surface area (Å²) in [5.74, 6) is 3.04. The molecular formula is C15H17N5OS2. The van der Waals surface area contributed by atoms with Crippen molar-refractivity contribution in [3.8, 4) is 10.7 Å². The van der Waals surface area contributed by atoms with Gasteiger partial charge in [0.25, 0.3) is 0 Å². The van der Waals surface area contributed by atoms with Gasteiger partial charge in [0.2, 0.25) is 5.89 Å². The van der Waals surface area contributed by atoms with Gasteiger partial charge < -0.3 is 4.52 Å². The van der Waals surface area contributed by atoms with E-state index in [1.165, 1.54) is 17.7 Å². The molecule has 0 amide bonds. The average molecular weight is 347 g/mol. The normalized spacial score (nSPS) is 14.5. The highest BCUT2D eigenvalue weighted by Gasteiger charge is 2.30. The van der Waals surface area contributed by atoms with E-state index in [9.17, 15) is 0 Å². The zero-order valence-corrected chi connectivity index (χ0v) is 14.4. The fraction of sp³-hybridized carbons (Fsp3) is 0.467. The summed E-state index contributed by atoms with van der Waals surface area (Å²) in [6, 6.07) is 4.67. The van der Waals surface area contributed by atoms with E-state index in [1.54, 1.807) is 23.1 Å². The maximum atomic E-state index is 5.30. The van der Waals surface area contributed by atoms with Crippen molar-refractivity contribution in [2.45, 2.75) is 49.6 Å². The summed E-state index contributed by atoms with van der Waals surface area (Å²) < 4.78 is 7.56. The number of nitrogens with zero attached hydrogens (tertiary/aromatic N) is 5. The third-order valence-corrected chi connectivity index (χ3v) is 5.42. The van der Waals surface area contributed by atoms with Crippen LogP contribution in [0.2, 0.25) is 0 Å². The van der Waals surface area contributed by atoms with Gasteiger partial charge >= 0.3 is 0 Å². The lowest BCUT2D eigenvalue weighted by Gasteiger charge is -2.06. The van der Waals surface area contributed by atoms with Gasteiger partial charge in [-0.2, -0.15) is 4.98 Å². The molecule has 0 aliphatic heterocycles. The highest BCUT2D eigenvalue weighted by molar-refractivity contribution is 7.98. The van der Waals surface area contributed by atoms with Crippen LogP contribution in [-0.2, 0) is 12.2 Å². The molecule has 1 fully saturated rings. The SMILES string of the molecule is CCCc1noc(CSc2nnc(-c3cccs3)n2C2CC2)n1. The number of aromatic nitrogens is 5. The van der Waals surface area contributed by atoms with Gasteiger partial charge in [0.1, 0.15) is 0 Å². The van der Waals surface area contributed by atoms with E-state index in [2.05, 4.69) is 43.3 Å².